The van der Waals surface area contributed by atoms with Gasteiger partial charge in [-0.1, -0.05) is 0 Å². The molecular weight excluding hydrogens is 204 g/mol. The molecule has 0 rings (SSSR count). The number of esters is 1. The van der Waals surface area contributed by atoms with Crippen LogP contribution in [0.5, 0.6) is 0 Å². The second-order valence-electron chi connectivity index (χ2n) is 2.48. The molecule has 3 N–H and O–H groups in total. The molecule has 0 radical (unpaired) electrons. The summed E-state index contributed by atoms with van der Waals surface area (Å²) >= 11 is 0. The summed E-state index contributed by atoms with van der Waals surface area (Å²) in [6.45, 7) is 6.13. The van der Waals surface area contributed by atoms with Crippen LogP contribution in [0, 0.1) is 0 Å². The second kappa shape index (κ2) is 15.3. The van der Waals surface area contributed by atoms with Crippen LogP contribution >= 0.6 is 0 Å². The van der Waals surface area contributed by atoms with Crippen LogP contribution in [-0.4, -0.2) is 46.6 Å². The Morgan fingerprint density at radius 2 is 1.60 bits per heavy atom. The number of carbonyl (C=O) groups excluding carboxylic acids is 1. The first-order valence-corrected chi connectivity index (χ1v) is 4.39. The number of aliphatic hydroxyl groups is 2. The molecule has 0 aromatic carbocycles. The van der Waals surface area contributed by atoms with Crippen LogP contribution in [0.25, 0.3) is 0 Å². The maximum Gasteiger partial charge on any atom is 0.302 e. The molecule has 6 heteroatoms. The Morgan fingerprint density at radius 1 is 1.33 bits per heavy atom. The molecule has 0 spiro atoms. The van der Waals surface area contributed by atoms with Crippen molar-refractivity contribution in [2.45, 2.75) is 33.8 Å². The van der Waals surface area contributed by atoms with Crippen molar-refractivity contribution in [2.24, 2.45) is 0 Å². The van der Waals surface area contributed by atoms with E-state index in [0.29, 0.717) is 6.61 Å². The summed E-state index contributed by atoms with van der Waals surface area (Å²) in [6.07, 6.45) is -0.560. The topological polar surface area (TPSA) is 104 Å². The highest BCUT2D eigenvalue weighted by atomic mass is 16.5. The predicted molar refractivity (Wildman–Crippen MR) is 54.4 cm³/mol. The third-order valence-electron chi connectivity index (χ3n) is 0.612. The van der Waals surface area contributed by atoms with Crippen molar-refractivity contribution >= 4 is 11.9 Å². The molecule has 15 heavy (non-hydrogen) atoms. The fourth-order valence-corrected chi connectivity index (χ4v) is 0.203. The van der Waals surface area contributed by atoms with Gasteiger partial charge >= 0.3 is 5.97 Å². The van der Waals surface area contributed by atoms with Crippen LogP contribution < -0.4 is 0 Å². The van der Waals surface area contributed by atoms with Gasteiger partial charge in [0.05, 0.1) is 19.3 Å². The summed E-state index contributed by atoms with van der Waals surface area (Å²) in [7, 11) is 0. The smallest absolute Gasteiger partial charge is 0.302 e. The third kappa shape index (κ3) is 102. The quantitative estimate of drug-likeness (QED) is 0.571. The standard InChI is InChI=1S/C4H8O2.C3H8O2.C2H4O2/c1-3-6-4(2)5;1-3(5)2-4;1-2(3)4/h3H2,1-2H3;3-5H,2H2,1H3;1H3,(H,3,4). The lowest BCUT2D eigenvalue weighted by atomic mass is 10.5. The van der Waals surface area contributed by atoms with E-state index in [4.69, 9.17) is 20.1 Å². The van der Waals surface area contributed by atoms with E-state index < -0.39 is 12.1 Å². The zero-order valence-corrected chi connectivity index (χ0v) is 9.56. The molecule has 0 aliphatic carbocycles. The average molecular weight is 224 g/mol. The van der Waals surface area contributed by atoms with E-state index in [2.05, 4.69) is 4.74 Å². The Morgan fingerprint density at radius 3 is 1.60 bits per heavy atom. The maximum atomic E-state index is 9.82. The van der Waals surface area contributed by atoms with E-state index in [1.54, 1.807) is 6.92 Å². The molecule has 6 nitrogen and oxygen atoms in total. The highest BCUT2D eigenvalue weighted by molar-refractivity contribution is 5.65. The Balaban J connectivity index is -0.000000147. The molecule has 0 amide bonds. The average Bonchev–Trinajstić information content (AvgIpc) is 2.03. The lowest BCUT2D eigenvalue weighted by Gasteiger charge is -1.90. The van der Waals surface area contributed by atoms with E-state index >= 15 is 0 Å². The fraction of sp³-hybridized carbons (Fsp3) is 0.778. The number of carboxylic acid groups (broad SMARTS) is 1. The molecule has 0 aromatic rings. The number of aliphatic carboxylic acids is 1. The van der Waals surface area contributed by atoms with Crippen molar-refractivity contribution in [3.05, 3.63) is 0 Å². The maximum absolute atomic E-state index is 9.82. The lowest BCUT2D eigenvalue weighted by molar-refractivity contribution is -0.140. The van der Waals surface area contributed by atoms with Crippen molar-refractivity contribution in [1.29, 1.82) is 0 Å². The monoisotopic (exact) mass is 224 g/mol. The summed E-state index contributed by atoms with van der Waals surface area (Å²) in [4.78, 5) is 18.8. The van der Waals surface area contributed by atoms with E-state index in [0.717, 1.165) is 6.92 Å². The van der Waals surface area contributed by atoms with Crippen LogP contribution in [0.15, 0.2) is 0 Å². The van der Waals surface area contributed by atoms with Gasteiger partial charge in [0, 0.05) is 13.8 Å². The van der Waals surface area contributed by atoms with Gasteiger partial charge in [-0.05, 0) is 13.8 Å². The fourth-order valence-electron chi connectivity index (χ4n) is 0.203. The predicted octanol–water partition coefficient (Wildman–Crippen LogP) is 0.0198. The van der Waals surface area contributed by atoms with Crippen molar-refractivity contribution in [3.63, 3.8) is 0 Å². The summed E-state index contributed by atoms with van der Waals surface area (Å²) in [5.41, 5.74) is 0. The molecule has 92 valence electrons. The molecule has 0 saturated carbocycles. The van der Waals surface area contributed by atoms with Crippen LogP contribution in [0.1, 0.15) is 27.7 Å². The molecule has 1 atom stereocenters. The Labute approximate surface area is 89.5 Å². The van der Waals surface area contributed by atoms with Crippen molar-refractivity contribution < 1.29 is 29.6 Å². The molecule has 0 aromatic heterocycles. The van der Waals surface area contributed by atoms with Gasteiger partial charge in [-0.15, -0.1) is 0 Å². The normalized spacial score (nSPS) is 9.73. The number of ether oxygens (including phenoxy) is 1. The number of rotatable bonds is 2. The summed E-state index contributed by atoms with van der Waals surface area (Å²) in [5.74, 6) is -1.04. The van der Waals surface area contributed by atoms with Crippen molar-refractivity contribution in [3.8, 4) is 0 Å². The van der Waals surface area contributed by atoms with Crippen LogP contribution in [0.4, 0.5) is 0 Å². The Hall–Kier alpha value is -1.14. The SMILES string of the molecule is CC(=O)O.CC(O)CO.CCOC(C)=O. The van der Waals surface area contributed by atoms with Crippen molar-refractivity contribution in [2.75, 3.05) is 13.2 Å². The zero-order valence-electron chi connectivity index (χ0n) is 9.56. The van der Waals surface area contributed by atoms with Gasteiger partial charge in [-0.3, -0.25) is 9.59 Å². The molecule has 0 aliphatic heterocycles. The molecule has 0 bridgehead atoms. The number of hydrogen-bond donors (Lipinski definition) is 3. The summed E-state index contributed by atoms with van der Waals surface area (Å²) in [5, 5.41) is 23.4. The molecule has 1 unspecified atom stereocenters. The number of aliphatic hydroxyl groups excluding tert-OH is 2. The van der Waals surface area contributed by atoms with Crippen LogP contribution in [-0.2, 0) is 14.3 Å². The first-order valence-electron chi connectivity index (χ1n) is 4.39. The van der Waals surface area contributed by atoms with Gasteiger partial charge in [0.25, 0.3) is 5.97 Å². The van der Waals surface area contributed by atoms with Gasteiger partial charge in [-0.25, -0.2) is 0 Å². The first kappa shape index (κ1) is 19.4. The Kier molecular flexibility index (Phi) is 19.9. The molecule has 0 saturated heterocycles. The first-order chi connectivity index (χ1) is 6.77. The molecule has 0 heterocycles. The van der Waals surface area contributed by atoms with Crippen LogP contribution in [0.2, 0.25) is 0 Å². The summed E-state index contributed by atoms with van der Waals surface area (Å²) < 4.78 is 4.40. The third-order valence-corrected chi connectivity index (χ3v) is 0.612. The second-order valence-corrected chi connectivity index (χ2v) is 2.48. The van der Waals surface area contributed by atoms with E-state index in [9.17, 15) is 4.79 Å². The molecule has 0 fully saturated rings. The van der Waals surface area contributed by atoms with Gasteiger partial charge < -0.3 is 20.1 Å². The summed E-state index contributed by atoms with van der Waals surface area (Å²) in [6, 6.07) is 0. The highest BCUT2D eigenvalue weighted by Crippen LogP contribution is 1.69. The Bertz CT molecular complexity index is 151. The van der Waals surface area contributed by atoms with Crippen molar-refractivity contribution in [1.82, 2.24) is 0 Å². The lowest BCUT2D eigenvalue weighted by Crippen LogP contribution is -2.03. The van der Waals surface area contributed by atoms with Crippen LogP contribution in [0.3, 0.4) is 0 Å². The van der Waals surface area contributed by atoms with Gasteiger partial charge in [0.15, 0.2) is 0 Å². The largest absolute Gasteiger partial charge is 0.481 e. The minimum Gasteiger partial charge on any atom is -0.481 e. The minimum atomic E-state index is -0.833. The minimum absolute atomic E-state index is 0.139. The molecular formula is C9H20O6. The van der Waals surface area contributed by atoms with Gasteiger partial charge in [0.1, 0.15) is 0 Å². The van der Waals surface area contributed by atoms with E-state index in [1.807, 2.05) is 0 Å². The van der Waals surface area contributed by atoms with E-state index in [-0.39, 0.29) is 12.6 Å². The highest BCUT2D eigenvalue weighted by Gasteiger charge is 1.83. The zero-order chi connectivity index (χ0) is 12.9. The van der Waals surface area contributed by atoms with Gasteiger partial charge in [-0.2, -0.15) is 0 Å². The van der Waals surface area contributed by atoms with Gasteiger partial charge in [0.2, 0.25) is 0 Å². The number of carboxylic acids is 1. The van der Waals surface area contributed by atoms with E-state index in [1.165, 1.54) is 13.8 Å². The molecule has 0 aliphatic rings. The number of hydrogen-bond acceptors (Lipinski definition) is 5. The number of carbonyl (C=O) groups is 2.